The molecule has 23 heavy (non-hydrogen) atoms. The van der Waals surface area contributed by atoms with Crippen LogP contribution in [0.4, 0.5) is 20.3 Å². The van der Waals surface area contributed by atoms with Gasteiger partial charge < -0.3 is 10.1 Å². The number of hydrogen-bond acceptors (Lipinski definition) is 4. The van der Waals surface area contributed by atoms with Gasteiger partial charge in [-0.05, 0) is 41.9 Å². The first-order valence-electron chi connectivity index (χ1n) is 6.77. The van der Waals surface area contributed by atoms with Crippen molar-refractivity contribution in [1.82, 2.24) is 15.2 Å². The number of ether oxygens (including phenoxy) is 1. The van der Waals surface area contributed by atoms with Crippen LogP contribution in [0.15, 0.2) is 28.9 Å². The number of aromatic nitrogens is 3. The van der Waals surface area contributed by atoms with Crippen molar-refractivity contribution in [3.05, 3.63) is 40.1 Å². The number of H-pyrrole nitrogens is 1. The summed E-state index contributed by atoms with van der Waals surface area (Å²) in [4.78, 5) is 4.21. The lowest BCUT2D eigenvalue weighted by molar-refractivity contribution is -0.0502. The zero-order valence-corrected chi connectivity index (χ0v) is 13.9. The number of aryl methyl sites for hydroxylation is 1. The van der Waals surface area contributed by atoms with E-state index in [4.69, 9.17) is 0 Å². The summed E-state index contributed by atoms with van der Waals surface area (Å²) < 4.78 is 29.8. The highest BCUT2D eigenvalue weighted by atomic mass is 79.9. The maximum Gasteiger partial charge on any atom is 0.387 e. The molecule has 2 heterocycles. The average molecular weight is 383 g/mol. The number of halogens is 3. The number of hydrogen-bond donors (Lipinski definition) is 2. The fourth-order valence-electron chi connectivity index (χ4n) is 2.18. The van der Waals surface area contributed by atoms with E-state index < -0.39 is 6.61 Å². The van der Waals surface area contributed by atoms with Gasteiger partial charge in [-0.3, -0.25) is 10.1 Å². The molecule has 0 bridgehead atoms. The third kappa shape index (κ3) is 3.12. The molecule has 0 radical (unpaired) electrons. The highest BCUT2D eigenvalue weighted by molar-refractivity contribution is 9.10. The Balaban J connectivity index is 2.04. The minimum atomic E-state index is -2.89. The second kappa shape index (κ2) is 6.11. The third-order valence-corrected chi connectivity index (χ3v) is 4.14. The first-order valence-corrected chi connectivity index (χ1v) is 7.56. The van der Waals surface area contributed by atoms with Gasteiger partial charge in [0.25, 0.3) is 0 Å². The molecule has 0 saturated heterocycles. The molecule has 2 N–H and O–H groups in total. The minimum Gasteiger partial charge on any atom is -0.434 e. The molecule has 0 saturated carbocycles. The van der Waals surface area contributed by atoms with E-state index in [9.17, 15) is 8.78 Å². The van der Waals surface area contributed by atoms with Crippen molar-refractivity contribution >= 4 is 38.3 Å². The van der Waals surface area contributed by atoms with Gasteiger partial charge in [-0.15, -0.1) is 0 Å². The molecule has 3 rings (SSSR count). The van der Waals surface area contributed by atoms with Crippen LogP contribution < -0.4 is 10.1 Å². The molecule has 0 unspecified atom stereocenters. The van der Waals surface area contributed by atoms with Gasteiger partial charge in [0.1, 0.15) is 5.75 Å². The normalized spacial score (nSPS) is 11.2. The van der Waals surface area contributed by atoms with E-state index in [2.05, 4.69) is 41.2 Å². The Kier molecular flexibility index (Phi) is 4.16. The number of fused-ring (bicyclic) bond motifs is 1. The Morgan fingerprint density at radius 3 is 2.74 bits per heavy atom. The van der Waals surface area contributed by atoms with E-state index in [1.54, 1.807) is 18.3 Å². The number of anilines is 2. The number of rotatable bonds is 4. The van der Waals surface area contributed by atoms with E-state index in [0.29, 0.717) is 15.8 Å². The third-order valence-electron chi connectivity index (χ3n) is 3.52. The maximum atomic E-state index is 12.4. The summed E-state index contributed by atoms with van der Waals surface area (Å²) in [6, 6.07) is 4.96. The predicted octanol–water partition coefficient (Wildman–Crippen LogP) is 4.68. The SMILES string of the molecule is Cc1[nH]nc(Nc2ccnc3cc(OC(F)F)c(Br)cc23)c1C. The lowest BCUT2D eigenvalue weighted by Gasteiger charge is -2.11. The molecule has 0 aliphatic carbocycles. The Labute approximate surface area is 139 Å². The lowest BCUT2D eigenvalue weighted by Crippen LogP contribution is -2.03. The zero-order valence-electron chi connectivity index (χ0n) is 12.3. The molecule has 0 aliphatic heterocycles. The van der Waals surface area contributed by atoms with E-state index in [0.717, 1.165) is 22.3 Å². The van der Waals surface area contributed by atoms with E-state index in [1.165, 1.54) is 6.07 Å². The van der Waals surface area contributed by atoms with Gasteiger partial charge in [-0.25, -0.2) is 0 Å². The Morgan fingerprint density at radius 2 is 2.09 bits per heavy atom. The van der Waals surface area contributed by atoms with Crippen molar-refractivity contribution < 1.29 is 13.5 Å². The van der Waals surface area contributed by atoms with Crippen molar-refractivity contribution in [2.24, 2.45) is 0 Å². The molecule has 5 nitrogen and oxygen atoms in total. The van der Waals surface area contributed by atoms with Crippen molar-refractivity contribution in [2.75, 3.05) is 5.32 Å². The Morgan fingerprint density at radius 1 is 1.30 bits per heavy atom. The standard InChI is InChI=1S/C15H13BrF2N4O/c1-7-8(2)21-22-14(7)20-11-3-4-19-12-6-13(23-15(17)18)10(16)5-9(11)12/h3-6,15H,1-2H3,(H2,19,20,21,22). The lowest BCUT2D eigenvalue weighted by atomic mass is 10.1. The smallest absolute Gasteiger partial charge is 0.387 e. The fraction of sp³-hybridized carbons (Fsp3) is 0.200. The van der Waals surface area contributed by atoms with Gasteiger partial charge in [0, 0.05) is 28.9 Å². The number of pyridine rings is 1. The number of nitrogens with zero attached hydrogens (tertiary/aromatic N) is 2. The van der Waals surface area contributed by atoms with E-state index in [1.807, 2.05) is 13.8 Å². The Hall–Kier alpha value is -2.22. The first kappa shape index (κ1) is 15.7. The van der Waals surface area contributed by atoms with Crippen LogP contribution in [-0.2, 0) is 0 Å². The summed E-state index contributed by atoms with van der Waals surface area (Å²) in [5, 5.41) is 11.1. The van der Waals surface area contributed by atoms with E-state index in [-0.39, 0.29) is 5.75 Å². The highest BCUT2D eigenvalue weighted by Crippen LogP contribution is 2.34. The van der Waals surface area contributed by atoms with Gasteiger partial charge in [0.05, 0.1) is 15.7 Å². The summed E-state index contributed by atoms with van der Waals surface area (Å²) in [7, 11) is 0. The molecule has 0 amide bonds. The van der Waals surface area contributed by atoms with Crippen LogP contribution in [0.1, 0.15) is 11.3 Å². The quantitative estimate of drug-likeness (QED) is 0.687. The van der Waals surface area contributed by atoms with Crippen molar-refractivity contribution in [1.29, 1.82) is 0 Å². The summed E-state index contributed by atoms with van der Waals surface area (Å²) in [5.41, 5.74) is 3.29. The highest BCUT2D eigenvalue weighted by Gasteiger charge is 2.13. The average Bonchev–Trinajstić information content (AvgIpc) is 2.80. The fourth-order valence-corrected chi connectivity index (χ4v) is 2.61. The summed E-state index contributed by atoms with van der Waals surface area (Å²) in [6.07, 6.45) is 1.60. The van der Waals surface area contributed by atoms with Crippen LogP contribution >= 0.6 is 15.9 Å². The summed E-state index contributed by atoms with van der Waals surface area (Å²) in [6.45, 7) is 0.998. The molecule has 1 aromatic carbocycles. The minimum absolute atomic E-state index is 0.0453. The van der Waals surface area contributed by atoms with Gasteiger partial charge in [-0.2, -0.15) is 13.9 Å². The van der Waals surface area contributed by atoms with Gasteiger partial charge in [-0.1, -0.05) is 0 Å². The van der Waals surface area contributed by atoms with Crippen LogP contribution in [0, 0.1) is 13.8 Å². The molecule has 8 heteroatoms. The molecule has 120 valence electrons. The first-order chi connectivity index (χ1) is 11.0. The van der Waals surface area contributed by atoms with Crippen LogP contribution in [0.3, 0.4) is 0 Å². The van der Waals surface area contributed by atoms with Gasteiger partial charge in [0.15, 0.2) is 5.82 Å². The van der Waals surface area contributed by atoms with Crippen molar-refractivity contribution in [3.8, 4) is 5.75 Å². The number of aromatic amines is 1. The monoisotopic (exact) mass is 382 g/mol. The topological polar surface area (TPSA) is 62.8 Å². The molecule has 2 aromatic heterocycles. The van der Waals surface area contributed by atoms with Gasteiger partial charge >= 0.3 is 6.61 Å². The second-order valence-corrected chi connectivity index (χ2v) is 5.84. The summed E-state index contributed by atoms with van der Waals surface area (Å²) in [5.74, 6) is 0.753. The van der Waals surface area contributed by atoms with Crippen LogP contribution in [-0.4, -0.2) is 21.8 Å². The second-order valence-electron chi connectivity index (χ2n) is 4.98. The summed E-state index contributed by atoms with van der Waals surface area (Å²) >= 11 is 3.25. The molecule has 0 aliphatic rings. The van der Waals surface area contributed by atoms with Crippen LogP contribution in [0.25, 0.3) is 10.9 Å². The zero-order chi connectivity index (χ0) is 16.6. The molecule has 3 aromatic rings. The van der Waals surface area contributed by atoms with E-state index >= 15 is 0 Å². The maximum absolute atomic E-state index is 12.4. The molecule has 0 atom stereocenters. The molecular formula is C15H13BrF2N4O. The Bertz CT molecular complexity index is 866. The molecular weight excluding hydrogens is 370 g/mol. The number of nitrogens with one attached hydrogen (secondary N) is 2. The molecule has 0 fully saturated rings. The predicted molar refractivity (Wildman–Crippen MR) is 87.4 cm³/mol. The molecule has 0 spiro atoms. The van der Waals surface area contributed by atoms with Crippen LogP contribution in [0.5, 0.6) is 5.75 Å². The largest absolute Gasteiger partial charge is 0.434 e. The van der Waals surface area contributed by atoms with Crippen molar-refractivity contribution in [3.63, 3.8) is 0 Å². The van der Waals surface area contributed by atoms with Crippen molar-refractivity contribution in [2.45, 2.75) is 20.5 Å². The van der Waals surface area contributed by atoms with Gasteiger partial charge in [0.2, 0.25) is 0 Å². The number of alkyl halides is 2. The van der Waals surface area contributed by atoms with Crippen LogP contribution in [0.2, 0.25) is 0 Å². The number of benzene rings is 1.